The van der Waals surface area contributed by atoms with E-state index in [4.69, 9.17) is 4.74 Å². The molecule has 0 atom stereocenters. The van der Waals surface area contributed by atoms with Crippen molar-refractivity contribution in [1.82, 2.24) is 9.97 Å². The van der Waals surface area contributed by atoms with Gasteiger partial charge in [0.2, 0.25) is 5.95 Å². The first-order chi connectivity index (χ1) is 11.0. The molecule has 3 heterocycles. The van der Waals surface area contributed by atoms with Crippen LogP contribution >= 0.6 is 27.3 Å². The van der Waals surface area contributed by atoms with Crippen LogP contribution in [0, 0.1) is 13.8 Å². The monoisotopic (exact) mass is 396 g/mol. The predicted octanol–water partition coefficient (Wildman–Crippen LogP) is 3.01. The third-order valence-corrected chi connectivity index (χ3v) is 5.27. The number of carbonyl (C=O) groups is 1. The number of aromatic nitrogens is 2. The molecule has 0 aromatic carbocycles. The third-order valence-electron chi connectivity index (χ3n) is 3.58. The number of carbonyl (C=O) groups excluding carboxylic acids is 1. The van der Waals surface area contributed by atoms with Gasteiger partial charge in [0.15, 0.2) is 0 Å². The lowest BCUT2D eigenvalue weighted by atomic mass is 10.2. The fourth-order valence-corrected chi connectivity index (χ4v) is 3.71. The number of nitrogens with zero attached hydrogens (tertiary/aromatic N) is 3. The normalized spacial score (nSPS) is 14.8. The van der Waals surface area contributed by atoms with Crippen LogP contribution in [-0.2, 0) is 4.74 Å². The first-order valence-corrected chi connectivity index (χ1v) is 8.95. The molecule has 0 spiro atoms. The fourth-order valence-electron chi connectivity index (χ4n) is 2.39. The van der Waals surface area contributed by atoms with Gasteiger partial charge in [-0.1, -0.05) is 0 Å². The highest BCUT2D eigenvalue weighted by molar-refractivity contribution is 9.10. The molecule has 122 valence electrons. The molecule has 1 fully saturated rings. The van der Waals surface area contributed by atoms with Crippen LogP contribution < -0.4 is 10.2 Å². The van der Waals surface area contributed by atoms with Gasteiger partial charge >= 0.3 is 0 Å². The molecule has 2 aromatic rings. The zero-order valence-electron chi connectivity index (χ0n) is 12.9. The second-order valence-corrected chi connectivity index (χ2v) is 7.08. The van der Waals surface area contributed by atoms with Gasteiger partial charge in [-0.3, -0.25) is 4.79 Å². The lowest BCUT2D eigenvalue weighted by Gasteiger charge is -2.27. The van der Waals surface area contributed by atoms with Crippen molar-refractivity contribution in [2.24, 2.45) is 0 Å². The zero-order chi connectivity index (χ0) is 16.4. The quantitative estimate of drug-likeness (QED) is 0.863. The van der Waals surface area contributed by atoms with Crippen LogP contribution in [0.1, 0.15) is 21.1 Å². The number of morpholine rings is 1. The average Bonchev–Trinajstić information content (AvgIpc) is 2.98. The Bertz CT molecular complexity index is 705. The van der Waals surface area contributed by atoms with Crippen LogP contribution in [0.5, 0.6) is 0 Å². The maximum absolute atomic E-state index is 12.3. The molecule has 1 aliphatic rings. The first kappa shape index (κ1) is 16.4. The topological polar surface area (TPSA) is 67.3 Å². The van der Waals surface area contributed by atoms with Crippen molar-refractivity contribution < 1.29 is 9.53 Å². The van der Waals surface area contributed by atoms with Crippen LogP contribution in [0.4, 0.5) is 11.6 Å². The Balaban J connectivity index is 1.81. The van der Waals surface area contributed by atoms with Gasteiger partial charge in [-0.2, -0.15) is 0 Å². The fraction of sp³-hybridized carbons (Fsp3) is 0.400. The highest BCUT2D eigenvalue weighted by Gasteiger charge is 2.18. The summed E-state index contributed by atoms with van der Waals surface area (Å²) >= 11 is 4.75. The highest BCUT2D eigenvalue weighted by atomic mass is 79.9. The van der Waals surface area contributed by atoms with Gasteiger partial charge in [-0.25, -0.2) is 9.97 Å². The Labute approximate surface area is 147 Å². The van der Waals surface area contributed by atoms with Gasteiger partial charge in [0.05, 0.1) is 35.2 Å². The molecule has 8 heteroatoms. The van der Waals surface area contributed by atoms with E-state index in [9.17, 15) is 4.79 Å². The van der Waals surface area contributed by atoms with Crippen molar-refractivity contribution in [2.75, 3.05) is 36.5 Å². The maximum Gasteiger partial charge on any atom is 0.265 e. The largest absolute Gasteiger partial charge is 0.378 e. The van der Waals surface area contributed by atoms with Gasteiger partial charge in [0.1, 0.15) is 0 Å². The van der Waals surface area contributed by atoms with E-state index in [1.54, 1.807) is 6.07 Å². The van der Waals surface area contributed by atoms with Crippen molar-refractivity contribution in [3.05, 3.63) is 32.2 Å². The van der Waals surface area contributed by atoms with Crippen molar-refractivity contribution in [1.29, 1.82) is 0 Å². The van der Waals surface area contributed by atoms with Crippen LogP contribution in [0.3, 0.4) is 0 Å². The van der Waals surface area contributed by atoms with E-state index in [-0.39, 0.29) is 5.91 Å². The van der Waals surface area contributed by atoms with Crippen LogP contribution in [-0.4, -0.2) is 42.2 Å². The number of rotatable bonds is 3. The van der Waals surface area contributed by atoms with Gasteiger partial charge in [0, 0.05) is 22.9 Å². The molecular weight excluding hydrogens is 380 g/mol. The molecule has 1 amide bonds. The van der Waals surface area contributed by atoms with E-state index in [1.807, 2.05) is 19.2 Å². The number of thiophene rings is 1. The SMILES string of the molecule is Cc1nc(N2CCOCC2)nc(C)c1NC(=O)c1cc(Br)cs1. The number of anilines is 2. The lowest BCUT2D eigenvalue weighted by Crippen LogP contribution is -2.37. The first-order valence-electron chi connectivity index (χ1n) is 7.28. The number of hydrogen-bond donors (Lipinski definition) is 1. The molecule has 1 N–H and O–H groups in total. The van der Waals surface area contributed by atoms with Gasteiger partial charge < -0.3 is 15.0 Å². The Morgan fingerprint density at radius 3 is 2.52 bits per heavy atom. The minimum absolute atomic E-state index is 0.144. The molecule has 0 aliphatic carbocycles. The molecule has 0 radical (unpaired) electrons. The molecule has 3 rings (SSSR count). The Morgan fingerprint density at radius 2 is 1.96 bits per heavy atom. The summed E-state index contributed by atoms with van der Waals surface area (Å²) in [5.74, 6) is 0.551. The summed E-state index contributed by atoms with van der Waals surface area (Å²) in [5.41, 5.74) is 2.21. The number of ether oxygens (including phenoxy) is 1. The molecule has 6 nitrogen and oxygen atoms in total. The molecule has 23 heavy (non-hydrogen) atoms. The summed E-state index contributed by atoms with van der Waals surface area (Å²) < 4.78 is 6.25. The number of halogens is 1. The van der Waals surface area contributed by atoms with Crippen LogP contribution in [0.25, 0.3) is 0 Å². The van der Waals surface area contributed by atoms with Gasteiger partial charge in [-0.05, 0) is 35.8 Å². The summed E-state index contributed by atoms with van der Waals surface area (Å²) in [5, 5.41) is 4.80. The summed E-state index contributed by atoms with van der Waals surface area (Å²) in [4.78, 5) is 24.2. The number of nitrogens with one attached hydrogen (secondary N) is 1. The number of amides is 1. The molecule has 0 saturated carbocycles. The van der Waals surface area contributed by atoms with Crippen LogP contribution in [0.2, 0.25) is 0 Å². The van der Waals surface area contributed by atoms with Crippen molar-refractivity contribution in [3.63, 3.8) is 0 Å². The minimum atomic E-state index is -0.144. The maximum atomic E-state index is 12.3. The van der Waals surface area contributed by atoms with E-state index in [1.165, 1.54) is 11.3 Å². The lowest BCUT2D eigenvalue weighted by molar-refractivity contribution is 0.103. The molecule has 0 bridgehead atoms. The summed E-state index contributed by atoms with van der Waals surface area (Å²) in [6, 6.07) is 1.80. The molecular formula is C15H17BrN4O2S. The van der Waals surface area contributed by atoms with E-state index >= 15 is 0 Å². The third kappa shape index (κ3) is 3.70. The smallest absolute Gasteiger partial charge is 0.265 e. The van der Waals surface area contributed by atoms with E-state index in [2.05, 4.69) is 36.1 Å². The molecule has 1 aliphatic heterocycles. The van der Waals surface area contributed by atoms with E-state index in [0.29, 0.717) is 29.7 Å². The Morgan fingerprint density at radius 1 is 1.30 bits per heavy atom. The van der Waals surface area contributed by atoms with Crippen molar-refractivity contribution >= 4 is 44.8 Å². The number of hydrogen-bond acceptors (Lipinski definition) is 6. The average molecular weight is 397 g/mol. The predicted molar refractivity (Wildman–Crippen MR) is 94.5 cm³/mol. The van der Waals surface area contributed by atoms with E-state index < -0.39 is 0 Å². The van der Waals surface area contributed by atoms with Gasteiger partial charge in [0.25, 0.3) is 5.91 Å². The number of aryl methyl sites for hydroxylation is 2. The standard InChI is InChI=1S/C15H17BrN4O2S/c1-9-13(19-14(21)12-7-11(16)8-23-12)10(2)18-15(17-9)20-3-5-22-6-4-20/h7-8H,3-6H2,1-2H3,(H,19,21). The summed E-state index contributed by atoms with van der Waals surface area (Å²) in [7, 11) is 0. The second-order valence-electron chi connectivity index (χ2n) is 5.25. The molecule has 1 saturated heterocycles. The zero-order valence-corrected chi connectivity index (χ0v) is 15.3. The summed E-state index contributed by atoms with van der Waals surface area (Å²) in [6.07, 6.45) is 0. The van der Waals surface area contributed by atoms with Gasteiger partial charge in [-0.15, -0.1) is 11.3 Å². The van der Waals surface area contributed by atoms with E-state index in [0.717, 1.165) is 29.0 Å². The molecule has 2 aromatic heterocycles. The van der Waals surface area contributed by atoms with Crippen molar-refractivity contribution in [3.8, 4) is 0 Å². The van der Waals surface area contributed by atoms with Crippen LogP contribution in [0.15, 0.2) is 15.9 Å². The minimum Gasteiger partial charge on any atom is -0.378 e. The van der Waals surface area contributed by atoms with Crippen molar-refractivity contribution in [2.45, 2.75) is 13.8 Å². The Hall–Kier alpha value is -1.51. The second kappa shape index (κ2) is 6.94. The molecule has 0 unspecified atom stereocenters. The highest BCUT2D eigenvalue weighted by Crippen LogP contribution is 2.24. The summed E-state index contributed by atoms with van der Waals surface area (Å²) in [6.45, 7) is 6.72. The Kier molecular flexibility index (Phi) is 4.93.